The molecule has 0 aromatic heterocycles. The van der Waals surface area contributed by atoms with Crippen LogP contribution in [0.3, 0.4) is 0 Å². The monoisotopic (exact) mass is 501 g/mol. The molecule has 194 valence electrons. The first-order chi connectivity index (χ1) is 17.1. The number of nitrogens with one attached hydrogen (secondary N) is 1. The Labute approximate surface area is 210 Å². The molecule has 0 radical (unpaired) electrons. The van der Waals surface area contributed by atoms with E-state index in [0.717, 1.165) is 44.2 Å². The Morgan fingerprint density at radius 2 is 1.72 bits per heavy atom. The average molecular weight is 502 g/mol. The first-order valence-electron chi connectivity index (χ1n) is 12.9. The fraction of sp³-hybridized carbons (Fsp3) is 0.517. The number of alkyl halides is 3. The fourth-order valence-corrected chi connectivity index (χ4v) is 5.89. The largest absolute Gasteiger partial charge is 0.458 e. The van der Waals surface area contributed by atoms with Gasteiger partial charge in [0, 0.05) is 5.69 Å². The van der Waals surface area contributed by atoms with Crippen LogP contribution in [0.25, 0.3) is 11.1 Å². The molecular weight excluding hydrogens is 467 g/mol. The minimum absolute atomic E-state index is 0.244. The molecule has 4 atom stereocenters. The SMILES string of the molecule is CCC1CCCCC2(CCC1)OC(=O)C(C)C2C(=O)Nc1ccc(-c2cccc(C(F)(F)F)c2)cc1. The van der Waals surface area contributed by atoms with Crippen molar-refractivity contribution in [2.75, 3.05) is 5.32 Å². The van der Waals surface area contributed by atoms with Crippen LogP contribution < -0.4 is 5.32 Å². The molecule has 1 aliphatic carbocycles. The van der Waals surface area contributed by atoms with Crippen LogP contribution in [0.5, 0.6) is 0 Å². The van der Waals surface area contributed by atoms with E-state index in [1.165, 1.54) is 12.5 Å². The molecule has 4 rings (SSSR count). The van der Waals surface area contributed by atoms with Crippen LogP contribution in [-0.4, -0.2) is 17.5 Å². The number of esters is 1. The number of anilines is 1. The second kappa shape index (κ2) is 10.7. The second-order valence-corrected chi connectivity index (χ2v) is 10.3. The van der Waals surface area contributed by atoms with Crippen molar-refractivity contribution in [3.8, 4) is 11.1 Å². The highest BCUT2D eigenvalue weighted by Gasteiger charge is 2.56. The zero-order chi connectivity index (χ0) is 25.9. The molecule has 4 nitrogen and oxygen atoms in total. The molecule has 1 N–H and O–H groups in total. The number of carbonyl (C=O) groups is 2. The van der Waals surface area contributed by atoms with Gasteiger partial charge >= 0.3 is 12.1 Å². The number of halogens is 3. The highest BCUT2D eigenvalue weighted by atomic mass is 19.4. The highest BCUT2D eigenvalue weighted by molar-refractivity contribution is 5.98. The van der Waals surface area contributed by atoms with Crippen LogP contribution >= 0.6 is 0 Å². The van der Waals surface area contributed by atoms with Crippen molar-refractivity contribution >= 4 is 17.6 Å². The summed E-state index contributed by atoms with van der Waals surface area (Å²) in [6.45, 7) is 3.98. The third-order valence-corrected chi connectivity index (χ3v) is 7.95. The van der Waals surface area contributed by atoms with Gasteiger partial charge in [0.25, 0.3) is 0 Å². The first-order valence-corrected chi connectivity index (χ1v) is 12.9. The lowest BCUT2D eigenvalue weighted by Gasteiger charge is -2.33. The lowest BCUT2D eigenvalue weighted by Crippen LogP contribution is -2.44. The number of carbonyl (C=O) groups excluding carboxylic acids is 2. The van der Waals surface area contributed by atoms with Crippen molar-refractivity contribution in [1.82, 2.24) is 0 Å². The predicted molar refractivity (Wildman–Crippen MR) is 133 cm³/mol. The minimum Gasteiger partial charge on any atom is -0.458 e. The van der Waals surface area contributed by atoms with Crippen molar-refractivity contribution in [2.24, 2.45) is 17.8 Å². The molecule has 1 aliphatic heterocycles. The third-order valence-electron chi connectivity index (χ3n) is 7.95. The van der Waals surface area contributed by atoms with E-state index in [2.05, 4.69) is 12.2 Å². The summed E-state index contributed by atoms with van der Waals surface area (Å²) in [6, 6.07) is 11.9. The van der Waals surface area contributed by atoms with E-state index < -0.39 is 29.2 Å². The van der Waals surface area contributed by atoms with Crippen LogP contribution in [0.4, 0.5) is 18.9 Å². The van der Waals surface area contributed by atoms with Crippen molar-refractivity contribution in [1.29, 1.82) is 0 Å². The van der Waals surface area contributed by atoms with Crippen LogP contribution in [0.1, 0.15) is 70.8 Å². The van der Waals surface area contributed by atoms with Crippen molar-refractivity contribution in [3.05, 3.63) is 54.1 Å². The molecule has 7 heteroatoms. The predicted octanol–water partition coefficient (Wildman–Crippen LogP) is 7.63. The van der Waals surface area contributed by atoms with Gasteiger partial charge in [0.1, 0.15) is 5.60 Å². The second-order valence-electron chi connectivity index (χ2n) is 10.3. The van der Waals surface area contributed by atoms with E-state index in [1.807, 2.05) is 0 Å². The number of hydrogen-bond acceptors (Lipinski definition) is 3. The minimum atomic E-state index is -4.41. The van der Waals surface area contributed by atoms with Crippen molar-refractivity contribution < 1.29 is 27.5 Å². The zero-order valence-corrected chi connectivity index (χ0v) is 20.9. The van der Waals surface area contributed by atoms with Gasteiger partial charge in [0.15, 0.2) is 0 Å². The van der Waals surface area contributed by atoms with Gasteiger partial charge in [-0.3, -0.25) is 9.59 Å². The maximum atomic E-state index is 13.5. The lowest BCUT2D eigenvalue weighted by atomic mass is 9.75. The van der Waals surface area contributed by atoms with E-state index >= 15 is 0 Å². The zero-order valence-electron chi connectivity index (χ0n) is 20.9. The molecule has 2 fully saturated rings. The van der Waals surface area contributed by atoms with Gasteiger partial charge in [-0.25, -0.2) is 0 Å². The number of amides is 1. The van der Waals surface area contributed by atoms with Gasteiger partial charge in [0.05, 0.1) is 17.4 Å². The maximum absolute atomic E-state index is 13.5. The molecule has 2 aromatic rings. The maximum Gasteiger partial charge on any atom is 0.416 e. The summed E-state index contributed by atoms with van der Waals surface area (Å²) in [5.41, 5.74) is 0.113. The standard InChI is InChI=1S/C29H34F3NO3/c1-3-20-8-4-5-16-28(17-7-9-20)25(19(2)27(35)36-28)26(34)33-24-14-12-21(13-15-24)22-10-6-11-23(18-22)29(30,31)32/h6,10-15,18-20,25H,3-5,7-9,16-17H2,1-2H3,(H,33,34). The molecule has 36 heavy (non-hydrogen) atoms. The summed E-state index contributed by atoms with van der Waals surface area (Å²) in [6.07, 6.45) is 3.27. The van der Waals surface area contributed by atoms with Gasteiger partial charge in [0.2, 0.25) is 5.91 Å². The molecule has 1 amide bonds. The normalized spacial score (nSPS) is 27.1. The molecular formula is C29H34F3NO3. The van der Waals surface area contributed by atoms with Gasteiger partial charge in [-0.1, -0.05) is 63.8 Å². The Balaban J connectivity index is 1.51. The summed E-state index contributed by atoms with van der Waals surface area (Å²) in [5.74, 6) is -0.992. The number of benzene rings is 2. The topological polar surface area (TPSA) is 55.4 Å². The van der Waals surface area contributed by atoms with Gasteiger partial charge in [-0.05, 0) is 67.0 Å². The Morgan fingerprint density at radius 1 is 1.03 bits per heavy atom. The molecule has 1 heterocycles. The van der Waals surface area contributed by atoms with E-state index in [4.69, 9.17) is 4.74 Å². The van der Waals surface area contributed by atoms with Crippen molar-refractivity contribution in [3.63, 3.8) is 0 Å². The summed E-state index contributed by atoms with van der Waals surface area (Å²) in [5, 5.41) is 2.94. The number of hydrogen-bond donors (Lipinski definition) is 1. The Kier molecular flexibility index (Phi) is 7.76. The first kappa shape index (κ1) is 26.2. The summed E-state index contributed by atoms with van der Waals surface area (Å²) in [4.78, 5) is 26.1. The molecule has 0 bridgehead atoms. The average Bonchev–Trinajstić information content (AvgIpc) is 3.15. The smallest absolute Gasteiger partial charge is 0.416 e. The molecule has 2 aliphatic rings. The summed E-state index contributed by atoms with van der Waals surface area (Å²) >= 11 is 0. The molecule has 1 saturated carbocycles. The third kappa shape index (κ3) is 5.60. The quantitative estimate of drug-likeness (QED) is 0.438. The number of rotatable bonds is 4. The number of ether oxygens (including phenoxy) is 1. The van der Waals surface area contributed by atoms with Crippen LogP contribution in [0.2, 0.25) is 0 Å². The van der Waals surface area contributed by atoms with Gasteiger partial charge in [-0.2, -0.15) is 13.2 Å². The molecule has 1 saturated heterocycles. The Hall–Kier alpha value is -2.83. The van der Waals surface area contributed by atoms with Crippen molar-refractivity contribution in [2.45, 2.75) is 77.0 Å². The molecule has 2 aromatic carbocycles. The van der Waals surface area contributed by atoms with Crippen LogP contribution in [0, 0.1) is 17.8 Å². The molecule has 1 spiro atoms. The van der Waals surface area contributed by atoms with Crippen LogP contribution in [0.15, 0.2) is 48.5 Å². The molecule has 4 unspecified atom stereocenters. The van der Waals surface area contributed by atoms with Gasteiger partial charge in [-0.15, -0.1) is 0 Å². The lowest BCUT2D eigenvalue weighted by molar-refractivity contribution is -0.152. The van der Waals surface area contributed by atoms with E-state index in [-0.39, 0.29) is 11.9 Å². The summed E-state index contributed by atoms with van der Waals surface area (Å²) in [7, 11) is 0. The van der Waals surface area contributed by atoms with Gasteiger partial charge < -0.3 is 10.1 Å². The Bertz CT molecular complexity index is 1080. The Morgan fingerprint density at radius 3 is 2.42 bits per heavy atom. The van der Waals surface area contributed by atoms with E-state index in [0.29, 0.717) is 35.6 Å². The fourth-order valence-electron chi connectivity index (χ4n) is 5.89. The summed E-state index contributed by atoms with van der Waals surface area (Å²) < 4.78 is 45.2. The highest BCUT2D eigenvalue weighted by Crippen LogP contribution is 2.46. The van der Waals surface area contributed by atoms with E-state index in [9.17, 15) is 22.8 Å². The van der Waals surface area contributed by atoms with Crippen LogP contribution in [-0.2, 0) is 20.5 Å². The van der Waals surface area contributed by atoms with E-state index in [1.54, 1.807) is 37.3 Å².